The molecule has 1 aromatic carbocycles. The summed E-state index contributed by atoms with van der Waals surface area (Å²) in [5.74, 6) is -1.16. The molecule has 0 atom stereocenters. The number of carboxylic acid groups (broad SMARTS) is 1. The Balaban J connectivity index is 2.62. The number of aromatic nitrogens is 1. The van der Waals surface area contributed by atoms with Gasteiger partial charge in [0.05, 0.1) is 10.6 Å². The minimum Gasteiger partial charge on any atom is -0.477 e. The van der Waals surface area contributed by atoms with Gasteiger partial charge in [-0.3, -0.25) is 10.1 Å². The molecule has 0 aliphatic carbocycles. The van der Waals surface area contributed by atoms with E-state index in [9.17, 15) is 14.9 Å². The Morgan fingerprint density at radius 3 is 2.79 bits per heavy atom. The van der Waals surface area contributed by atoms with Crippen LogP contribution in [0.1, 0.15) is 15.2 Å². The van der Waals surface area contributed by atoms with E-state index in [4.69, 9.17) is 10.8 Å². The van der Waals surface area contributed by atoms with Crippen LogP contribution in [0.4, 0.5) is 10.8 Å². The third-order valence-corrected chi connectivity index (χ3v) is 3.39. The standard InChI is InChI=1S/C11H9N3O4S/c1-5-2-3-6(4-7(5)14(17)18)8-9(10(15)16)19-11(12)13-8/h2-4H,1H3,(H2,12,13)(H,15,16). The molecule has 0 fully saturated rings. The molecule has 98 valence electrons. The Hall–Kier alpha value is -2.48. The van der Waals surface area contributed by atoms with E-state index in [1.54, 1.807) is 19.1 Å². The molecule has 8 heteroatoms. The first-order valence-electron chi connectivity index (χ1n) is 5.15. The maximum Gasteiger partial charge on any atom is 0.348 e. The van der Waals surface area contributed by atoms with Crippen LogP contribution in [0.15, 0.2) is 18.2 Å². The minimum absolute atomic E-state index is 0.0318. The van der Waals surface area contributed by atoms with Crippen molar-refractivity contribution < 1.29 is 14.8 Å². The van der Waals surface area contributed by atoms with Crippen molar-refractivity contribution in [1.82, 2.24) is 4.98 Å². The normalized spacial score (nSPS) is 10.4. The Morgan fingerprint density at radius 1 is 1.53 bits per heavy atom. The Kier molecular flexibility index (Phi) is 3.17. The number of hydrogen-bond donors (Lipinski definition) is 2. The fraction of sp³-hybridized carbons (Fsp3) is 0.0909. The SMILES string of the molecule is Cc1ccc(-c2nc(N)sc2C(=O)O)cc1[N+](=O)[O-]. The number of nitro benzene ring substituents is 1. The summed E-state index contributed by atoms with van der Waals surface area (Å²) < 4.78 is 0. The smallest absolute Gasteiger partial charge is 0.348 e. The average Bonchev–Trinajstić information content (AvgIpc) is 2.71. The molecule has 7 nitrogen and oxygen atoms in total. The number of hydrogen-bond acceptors (Lipinski definition) is 6. The largest absolute Gasteiger partial charge is 0.477 e. The van der Waals surface area contributed by atoms with Crippen LogP contribution in [0.3, 0.4) is 0 Å². The highest BCUT2D eigenvalue weighted by molar-refractivity contribution is 7.17. The molecule has 2 aromatic rings. The lowest BCUT2D eigenvalue weighted by Crippen LogP contribution is -1.97. The maximum absolute atomic E-state index is 11.1. The Labute approximate surface area is 111 Å². The van der Waals surface area contributed by atoms with Crippen LogP contribution in [0.5, 0.6) is 0 Å². The lowest BCUT2D eigenvalue weighted by atomic mass is 10.1. The van der Waals surface area contributed by atoms with Crippen molar-refractivity contribution in [3.05, 3.63) is 38.8 Å². The van der Waals surface area contributed by atoms with Crippen LogP contribution in [0.25, 0.3) is 11.3 Å². The van der Waals surface area contributed by atoms with Crippen molar-refractivity contribution in [2.24, 2.45) is 0 Å². The first-order valence-corrected chi connectivity index (χ1v) is 5.97. The molecule has 0 aliphatic rings. The van der Waals surface area contributed by atoms with Gasteiger partial charge in [0.2, 0.25) is 0 Å². The third kappa shape index (κ3) is 2.38. The van der Waals surface area contributed by atoms with Crippen molar-refractivity contribution >= 4 is 28.1 Å². The van der Waals surface area contributed by atoms with Gasteiger partial charge in [-0.2, -0.15) is 0 Å². The van der Waals surface area contributed by atoms with Gasteiger partial charge in [-0.15, -0.1) is 0 Å². The highest BCUT2D eigenvalue weighted by Crippen LogP contribution is 2.32. The van der Waals surface area contributed by atoms with E-state index in [0.29, 0.717) is 11.1 Å². The van der Waals surface area contributed by atoms with Gasteiger partial charge in [-0.25, -0.2) is 9.78 Å². The van der Waals surface area contributed by atoms with Crippen LogP contribution < -0.4 is 5.73 Å². The van der Waals surface area contributed by atoms with Crippen molar-refractivity contribution in [2.75, 3.05) is 5.73 Å². The van der Waals surface area contributed by atoms with Gasteiger partial charge >= 0.3 is 5.97 Å². The van der Waals surface area contributed by atoms with Crippen LogP contribution in [0.2, 0.25) is 0 Å². The minimum atomic E-state index is -1.16. The summed E-state index contributed by atoms with van der Waals surface area (Å²) in [6, 6.07) is 4.44. The number of rotatable bonds is 3. The predicted octanol–water partition coefficient (Wildman–Crippen LogP) is 2.31. The van der Waals surface area contributed by atoms with E-state index in [0.717, 1.165) is 11.3 Å². The molecule has 3 N–H and O–H groups in total. The van der Waals surface area contributed by atoms with Crippen LogP contribution in [-0.4, -0.2) is 21.0 Å². The van der Waals surface area contributed by atoms with E-state index < -0.39 is 10.9 Å². The van der Waals surface area contributed by atoms with E-state index in [1.165, 1.54) is 6.07 Å². The van der Waals surface area contributed by atoms with E-state index >= 15 is 0 Å². The average molecular weight is 279 g/mol. The van der Waals surface area contributed by atoms with Crippen molar-refractivity contribution in [1.29, 1.82) is 0 Å². The fourth-order valence-electron chi connectivity index (χ4n) is 1.63. The van der Waals surface area contributed by atoms with Crippen LogP contribution in [0, 0.1) is 17.0 Å². The molecular formula is C11H9N3O4S. The second-order valence-electron chi connectivity index (χ2n) is 3.79. The topological polar surface area (TPSA) is 119 Å². The highest BCUT2D eigenvalue weighted by Gasteiger charge is 2.20. The molecule has 1 heterocycles. The summed E-state index contributed by atoms with van der Waals surface area (Å²) in [4.78, 5) is 25.3. The second-order valence-corrected chi connectivity index (χ2v) is 4.82. The first-order chi connectivity index (χ1) is 8.90. The van der Waals surface area contributed by atoms with Gasteiger partial charge in [0, 0.05) is 17.2 Å². The lowest BCUT2D eigenvalue weighted by Gasteiger charge is -2.01. The summed E-state index contributed by atoms with van der Waals surface area (Å²) in [6.45, 7) is 1.61. The van der Waals surface area contributed by atoms with E-state index in [1.807, 2.05) is 0 Å². The van der Waals surface area contributed by atoms with Gasteiger partial charge in [0.15, 0.2) is 5.13 Å². The number of anilines is 1. The molecule has 0 amide bonds. The molecule has 0 spiro atoms. The number of nitro groups is 1. The number of nitrogens with zero attached hydrogens (tertiary/aromatic N) is 2. The molecule has 0 unspecified atom stereocenters. The van der Waals surface area contributed by atoms with Crippen molar-refractivity contribution in [3.8, 4) is 11.3 Å². The molecule has 0 bridgehead atoms. The van der Waals surface area contributed by atoms with E-state index in [-0.39, 0.29) is 21.4 Å². The van der Waals surface area contributed by atoms with Crippen molar-refractivity contribution in [3.63, 3.8) is 0 Å². The van der Waals surface area contributed by atoms with E-state index in [2.05, 4.69) is 4.98 Å². The van der Waals surface area contributed by atoms with Crippen LogP contribution >= 0.6 is 11.3 Å². The monoisotopic (exact) mass is 279 g/mol. The number of thiazole rings is 1. The molecular weight excluding hydrogens is 270 g/mol. The van der Waals surface area contributed by atoms with Crippen LogP contribution in [-0.2, 0) is 0 Å². The van der Waals surface area contributed by atoms with Gasteiger partial charge in [0.25, 0.3) is 5.69 Å². The molecule has 0 aliphatic heterocycles. The molecule has 1 aromatic heterocycles. The van der Waals surface area contributed by atoms with Gasteiger partial charge < -0.3 is 10.8 Å². The highest BCUT2D eigenvalue weighted by atomic mass is 32.1. The van der Waals surface area contributed by atoms with Gasteiger partial charge in [0.1, 0.15) is 4.88 Å². The number of aryl methyl sites for hydroxylation is 1. The molecule has 19 heavy (non-hydrogen) atoms. The lowest BCUT2D eigenvalue weighted by molar-refractivity contribution is -0.385. The van der Waals surface area contributed by atoms with Crippen molar-refractivity contribution in [2.45, 2.75) is 6.92 Å². The predicted molar refractivity (Wildman–Crippen MR) is 70.3 cm³/mol. The van der Waals surface area contributed by atoms with Gasteiger partial charge in [-0.05, 0) is 6.92 Å². The summed E-state index contributed by atoms with van der Waals surface area (Å²) in [6.07, 6.45) is 0. The molecule has 2 rings (SSSR count). The molecule has 0 radical (unpaired) electrons. The zero-order valence-corrected chi connectivity index (χ0v) is 10.6. The summed E-state index contributed by atoms with van der Waals surface area (Å²) in [5, 5.41) is 20.0. The Bertz CT molecular complexity index is 681. The number of carboxylic acids is 1. The van der Waals surface area contributed by atoms with Gasteiger partial charge in [-0.1, -0.05) is 23.5 Å². The number of carbonyl (C=O) groups is 1. The second kappa shape index (κ2) is 4.65. The number of benzene rings is 1. The number of nitrogen functional groups attached to an aromatic ring is 1. The number of nitrogens with two attached hydrogens (primary N) is 1. The first kappa shape index (κ1) is 13.0. The molecule has 0 saturated heterocycles. The number of aromatic carboxylic acids is 1. The zero-order valence-electron chi connectivity index (χ0n) is 9.78. The Morgan fingerprint density at radius 2 is 2.21 bits per heavy atom. The zero-order chi connectivity index (χ0) is 14.2. The third-order valence-electron chi connectivity index (χ3n) is 2.52. The maximum atomic E-state index is 11.1. The quantitative estimate of drug-likeness (QED) is 0.657. The summed E-state index contributed by atoms with van der Waals surface area (Å²) in [7, 11) is 0. The fourth-order valence-corrected chi connectivity index (χ4v) is 2.32. The molecule has 0 saturated carbocycles. The summed E-state index contributed by atoms with van der Waals surface area (Å²) >= 11 is 0.833. The summed E-state index contributed by atoms with van der Waals surface area (Å²) in [5.41, 5.74) is 6.42.